The summed E-state index contributed by atoms with van der Waals surface area (Å²) in [5.41, 5.74) is 1.85. The molecule has 0 aromatic heterocycles. The first-order valence-electron chi connectivity index (χ1n) is 8.76. The van der Waals surface area contributed by atoms with E-state index in [-0.39, 0.29) is 23.8 Å². The van der Waals surface area contributed by atoms with Crippen molar-refractivity contribution in [1.82, 2.24) is 0 Å². The zero-order valence-electron chi connectivity index (χ0n) is 14.3. The fourth-order valence-corrected chi connectivity index (χ4v) is 4.66. The molecular weight excluding hydrogens is 388 g/mol. The molecule has 1 aliphatic carbocycles. The molecule has 6 heteroatoms. The first kappa shape index (κ1) is 18.2. The van der Waals surface area contributed by atoms with Gasteiger partial charge in [-0.15, -0.1) is 0 Å². The molecule has 4 rings (SSSR count). The van der Waals surface area contributed by atoms with Crippen LogP contribution in [0.2, 0.25) is 10.0 Å². The number of ketones is 1. The molecule has 0 bridgehead atoms. The van der Waals surface area contributed by atoms with Crippen molar-refractivity contribution < 1.29 is 14.0 Å². The zero-order valence-corrected chi connectivity index (χ0v) is 15.9. The van der Waals surface area contributed by atoms with Crippen molar-refractivity contribution in [2.24, 2.45) is 0 Å². The zero-order chi connectivity index (χ0) is 19.1. The second kappa shape index (κ2) is 7.10. The normalized spacial score (nSPS) is 20.1. The molecule has 1 amide bonds. The number of Topliss-reactive ketones (excluding diaryl/α,β-unsaturated/α-hetero) is 1. The van der Waals surface area contributed by atoms with E-state index >= 15 is 0 Å². The summed E-state index contributed by atoms with van der Waals surface area (Å²) < 4.78 is 14.4. The second-order valence-electron chi connectivity index (χ2n) is 6.71. The minimum Gasteiger partial charge on any atom is -0.294 e. The number of hydrogen-bond acceptors (Lipinski definition) is 2. The van der Waals surface area contributed by atoms with Crippen LogP contribution < -0.4 is 4.90 Å². The van der Waals surface area contributed by atoms with E-state index in [9.17, 15) is 14.0 Å². The lowest BCUT2D eigenvalue weighted by molar-refractivity contribution is -0.120. The van der Waals surface area contributed by atoms with E-state index in [4.69, 9.17) is 23.2 Å². The highest BCUT2D eigenvalue weighted by Crippen LogP contribution is 2.47. The van der Waals surface area contributed by atoms with Gasteiger partial charge in [0, 0.05) is 40.1 Å². The van der Waals surface area contributed by atoms with E-state index in [1.165, 1.54) is 11.0 Å². The van der Waals surface area contributed by atoms with E-state index in [0.717, 1.165) is 0 Å². The number of anilines is 1. The average Bonchev–Trinajstić information content (AvgIpc) is 2.63. The fraction of sp³-hybridized carbons (Fsp3) is 0.238. The van der Waals surface area contributed by atoms with Gasteiger partial charge in [-0.3, -0.25) is 14.5 Å². The molecule has 1 unspecified atom stereocenters. The SMILES string of the molecule is O=C1CCCC2=C1C(c1c(Cl)cccc1Cl)CC(=O)N2c1ccccc1F. The summed E-state index contributed by atoms with van der Waals surface area (Å²) in [6.45, 7) is 0. The number of halogens is 3. The summed E-state index contributed by atoms with van der Waals surface area (Å²) in [7, 11) is 0. The van der Waals surface area contributed by atoms with Crippen LogP contribution in [-0.2, 0) is 9.59 Å². The summed E-state index contributed by atoms with van der Waals surface area (Å²) >= 11 is 12.7. The second-order valence-corrected chi connectivity index (χ2v) is 7.52. The standard InChI is InChI=1S/C21H16Cl2FNO2/c22-13-5-3-6-14(23)20(13)12-11-19(27)25(16-8-2-1-7-15(16)24)17-9-4-10-18(26)21(12)17/h1-3,5-8,12H,4,9-11H2. The number of para-hydroxylation sites is 1. The van der Waals surface area contributed by atoms with Crippen LogP contribution in [0.25, 0.3) is 0 Å². The van der Waals surface area contributed by atoms with Gasteiger partial charge < -0.3 is 0 Å². The van der Waals surface area contributed by atoms with Crippen LogP contribution in [0.5, 0.6) is 0 Å². The third kappa shape index (κ3) is 3.07. The maximum absolute atomic E-state index is 14.4. The minimum absolute atomic E-state index is 0.0162. The van der Waals surface area contributed by atoms with Crippen LogP contribution in [0.1, 0.15) is 37.2 Å². The third-order valence-electron chi connectivity index (χ3n) is 5.12. The van der Waals surface area contributed by atoms with Gasteiger partial charge >= 0.3 is 0 Å². The molecule has 0 fully saturated rings. The largest absolute Gasteiger partial charge is 0.294 e. The molecule has 2 aliphatic rings. The van der Waals surface area contributed by atoms with Gasteiger partial charge in [-0.25, -0.2) is 4.39 Å². The van der Waals surface area contributed by atoms with Crippen molar-refractivity contribution in [3.05, 3.63) is 75.2 Å². The van der Waals surface area contributed by atoms with Crippen molar-refractivity contribution in [3.8, 4) is 0 Å². The molecule has 138 valence electrons. The predicted molar refractivity (Wildman–Crippen MR) is 104 cm³/mol. The number of carbonyl (C=O) groups excluding carboxylic acids is 2. The molecule has 2 aromatic rings. The highest BCUT2D eigenvalue weighted by atomic mass is 35.5. The molecule has 0 spiro atoms. The fourth-order valence-electron chi connectivity index (χ4n) is 4.00. The van der Waals surface area contributed by atoms with Gasteiger partial charge in [-0.1, -0.05) is 41.4 Å². The summed E-state index contributed by atoms with van der Waals surface area (Å²) in [6, 6.07) is 11.2. The van der Waals surface area contributed by atoms with Crippen LogP contribution in [0.4, 0.5) is 10.1 Å². The summed E-state index contributed by atoms with van der Waals surface area (Å²) in [5, 5.41) is 0.842. The van der Waals surface area contributed by atoms with Gasteiger partial charge in [-0.05, 0) is 42.7 Å². The Morgan fingerprint density at radius 1 is 0.963 bits per heavy atom. The molecule has 1 aliphatic heterocycles. The lowest BCUT2D eigenvalue weighted by atomic mass is 9.77. The van der Waals surface area contributed by atoms with Gasteiger partial charge in [0.15, 0.2) is 5.78 Å². The number of nitrogens with zero attached hydrogens (tertiary/aromatic N) is 1. The third-order valence-corrected chi connectivity index (χ3v) is 5.78. The number of allylic oxidation sites excluding steroid dienone is 2. The maximum Gasteiger partial charge on any atom is 0.232 e. The van der Waals surface area contributed by atoms with Crippen LogP contribution in [0.3, 0.4) is 0 Å². The van der Waals surface area contributed by atoms with Crippen LogP contribution in [-0.4, -0.2) is 11.7 Å². The lowest BCUT2D eigenvalue weighted by Crippen LogP contribution is -2.41. The van der Waals surface area contributed by atoms with E-state index in [2.05, 4.69) is 0 Å². The molecule has 2 aromatic carbocycles. The Balaban J connectivity index is 1.93. The summed E-state index contributed by atoms with van der Waals surface area (Å²) in [4.78, 5) is 27.2. The van der Waals surface area contributed by atoms with Crippen molar-refractivity contribution in [2.45, 2.75) is 31.6 Å². The molecular formula is C21H16Cl2FNO2. The van der Waals surface area contributed by atoms with E-state index < -0.39 is 11.7 Å². The molecule has 0 radical (unpaired) electrons. The Hall–Kier alpha value is -2.17. The Labute approximate surface area is 166 Å². The monoisotopic (exact) mass is 403 g/mol. The van der Waals surface area contributed by atoms with Crippen molar-refractivity contribution in [1.29, 1.82) is 0 Å². The molecule has 0 saturated carbocycles. The number of rotatable bonds is 2. The Morgan fingerprint density at radius 3 is 2.37 bits per heavy atom. The molecule has 0 N–H and O–H groups in total. The lowest BCUT2D eigenvalue weighted by Gasteiger charge is -2.38. The van der Waals surface area contributed by atoms with Gasteiger partial charge in [0.05, 0.1) is 5.69 Å². The molecule has 27 heavy (non-hydrogen) atoms. The predicted octanol–water partition coefficient (Wildman–Crippen LogP) is 5.66. The Morgan fingerprint density at radius 2 is 1.67 bits per heavy atom. The highest BCUT2D eigenvalue weighted by Gasteiger charge is 2.41. The number of benzene rings is 2. The number of amides is 1. The molecule has 1 atom stereocenters. The van der Waals surface area contributed by atoms with Gasteiger partial charge in [-0.2, -0.15) is 0 Å². The Bertz CT molecular complexity index is 966. The first-order valence-corrected chi connectivity index (χ1v) is 9.52. The molecule has 3 nitrogen and oxygen atoms in total. The quantitative estimate of drug-likeness (QED) is 0.648. The maximum atomic E-state index is 14.4. The van der Waals surface area contributed by atoms with Gasteiger partial charge in [0.1, 0.15) is 5.82 Å². The number of hydrogen-bond donors (Lipinski definition) is 0. The molecule has 1 heterocycles. The Kier molecular flexibility index (Phi) is 4.79. The van der Waals surface area contributed by atoms with Crippen molar-refractivity contribution in [2.75, 3.05) is 4.90 Å². The topological polar surface area (TPSA) is 37.4 Å². The van der Waals surface area contributed by atoms with Crippen LogP contribution in [0, 0.1) is 5.82 Å². The minimum atomic E-state index is -0.510. The average molecular weight is 404 g/mol. The van der Waals surface area contributed by atoms with Gasteiger partial charge in [0.2, 0.25) is 5.91 Å². The van der Waals surface area contributed by atoms with E-state index in [0.29, 0.717) is 46.1 Å². The van der Waals surface area contributed by atoms with Crippen molar-refractivity contribution >= 4 is 40.6 Å². The number of carbonyl (C=O) groups is 2. The van der Waals surface area contributed by atoms with Crippen molar-refractivity contribution in [3.63, 3.8) is 0 Å². The summed E-state index contributed by atoms with van der Waals surface area (Å²) in [5.74, 6) is -1.31. The molecule has 0 saturated heterocycles. The smallest absolute Gasteiger partial charge is 0.232 e. The van der Waals surface area contributed by atoms with Gasteiger partial charge in [0.25, 0.3) is 0 Å². The van der Waals surface area contributed by atoms with E-state index in [1.807, 2.05) is 0 Å². The van der Waals surface area contributed by atoms with Crippen LogP contribution >= 0.6 is 23.2 Å². The highest BCUT2D eigenvalue weighted by molar-refractivity contribution is 6.36. The van der Waals surface area contributed by atoms with Crippen LogP contribution in [0.15, 0.2) is 53.7 Å². The van der Waals surface area contributed by atoms with E-state index in [1.54, 1.807) is 36.4 Å². The summed E-state index contributed by atoms with van der Waals surface area (Å²) in [6.07, 6.45) is 1.57. The first-order chi connectivity index (χ1) is 13.0.